The first kappa shape index (κ1) is 29.4. The maximum Gasteiger partial charge on any atom is 0.255 e. The Labute approximate surface area is 254 Å². The third-order valence-corrected chi connectivity index (χ3v) is 8.77. The molecular weight excluding hydrogens is 600 g/mol. The van der Waals surface area contributed by atoms with Crippen LogP contribution in [0.3, 0.4) is 0 Å². The maximum absolute atomic E-state index is 14.0. The number of benzene rings is 3. The molecule has 220 valence electrons. The van der Waals surface area contributed by atoms with Crippen molar-refractivity contribution in [2.75, 3.05) is 52.0 Å². The van der Waals surface area contributed by atoms with E-state index in [2.05, 4.69) is 26.1 Å². The van der Waals surface area contributed by atoms with Crippen LogP contribution >= 0.6 is 15.9 Å². The first-order chi connectivity index (χ1) is 20.4. The van der Waals surface area contributed by atoms with Crippen molar-refractivity contribution in [3.8, 4) is 11.5 Å². The van der Waals surface area contributed by atoms with Crippen LogP contribution in [0.25, 0.3) is 0 Å². The van der Waals surface area contributed by atoms with Gasteiger partial charge in [0.15, 0.2) is 11.5 Å². The summed E-state index contributed by atoms with van der Waals surface area (Å²) in [4.78, 5) is 45.8. The lowest BCUT2D eigenvalue weighted by Gasteiger charge is -2.43. The van der Waals surface area contributed by atoms with Crippen LogP contribution in [0.2, 0.25) is 0 Å². The highest BCUT2D eigenvalue weighted by atomic mass is 79.9. The molecule has 5 rings (SSSR count). The molecule has 0 unspecified atom stereocenters. The van der Waals surface area contributed by atoms with Gasteiger partial charge in [-0.1, -0.05) is 36.4 Å². The molecule has 42 heavy (non-hydrogen) atoms. The number of carbonyl (C=O) groups excluding carboxylic acids is 3. The van der Waals surface area contributed by atoms with Crippen molar-refractivity contribution in [1.29, 1.82) is 0 Å². The van der Waals surface area contributed by atoms with E-state index in [1.165, 1.54) is 0 Å². The molecule has 9 nitrogen and oxygen atoms in total. The molecule has 10 heteroatoms. The van der Waals surface area contributed by atoms with Crippen LogP contribution in [0.1, 0.15) is 28.8 Å². The Hall–Kier alpha value is -4.05. The number of methoxy groups -OCH3 is 2. The van der Waals surface area contributed by atoms with E-state index in [-0.39, 0.29) is 24.3 Å². The summed E-state index contributed by atoms with van der Waals surface area (Å²) in [6, 6.07) is 22.9. The van der Waals surface area contributed by atoms with Crippen LogP contribution in [0.15, 0.2) is 77.3 Å². The van der Waals surface area contributed by atoms with Crippen LogP contribution in [0.4, 0.5) is 5.69 Å². The number of para-hydroxylation sites is 1. The zero-order valence-electron chi connectivity index (χ0n) is 23.8. The third kappa shape index (κ3) is 5.94. The summed E-state index contributed by atoms with van der Waals surface area (Å²) in [5, 5.41) is 2.96. The second kappa shape index (κ2) is 12.9. The van der Waals surface area contributed by atoms with Gasteiger partial charge in [-0.15, -0.1) is 0 Å². The van der Waals surface area contributed by atoms with Crippen molar-refractivity contribution in [3.63, 3.8) is 0 Å². The highest BCUT2D eigenvalue weighted by Crippen LogP contribution is 2.40. The van der Waals surface area contributed by atoms with Crippen molar-refractivity contribution < 1.29 is 23.9 Å². The van der Waals surface area contributed by atoms with Gasteiger partial charge in [-0.25, -0.2) is 0 Å². The van der Waals surface area contributed by atoms with Gasteiger partial charge in [0.25, 0.3) is 11.8 Å². The van der Waals surface area contributed by atoms with Crippen molar-refractivity contribution in [3.05, 3.63) is 88.4 Å². The quantitative estimate of drug-likeness (QED) is 0.381. The molecule has 1 spiro atoms. The molecule has 0 aliphatic carbocycles. The molecule has 3 aromatic carbocycles. The lowest BCUT2D eigenvalue weighted by Crippen LogP contribution is -2.57. The largest absolute Gasteiger partial charge is 0.493 e. The SMILES string of the molecule is COc1ccc(CCNC(=O)CN2CN(c3ccccc3)C3(CCN(C(=O)c4ccccc4Br)CC3)C2=O)cc1OC. The van der Waals surface area contributed by atoms with Crippen LogP contribution < -0.4 is 19.7 Å². The molecule has 3 aromatic rings. The molecule has 2 aliphatic heterocycles. The summed E-state index contributed by atoms with van der Waals surface area (Å²) >= 11 is 3.48. The molecule has 0 bridgehead atoms. The summed E-state index contributed by atoms with van der Waals surface area (Å²) in [6.07, 6.45) is 1.57. The Morgan fingerprint density at radius 3 is 2.31 bits per heavy atom. The third-order valence-electron chi connectivity index (χ3n) is 8.08. The van der Waals surface area contributed by atoms with Crippen molar-refractivity contribution in [2.24, 2.45) is 0 Å². The van der Waals surface area contributed by atoms with Gasteiger partial charge in [-0.3, -0.25) is 14.4 Å². The smallest absolute Gasteiger partial charge is 0.255 e. The Morgan fingerprint density at radius 1 is 0.929 bits per heavy atom. The molecule has 0 radical (unpaired) electrons. The number of rotatable bonds is 9. The van der Waals surface area contributed by atoms with E-state index in [9.17, 15) is 14.4 Å². The van der Waals surface area contributed by atoms with Crippen LogP contribution in [-0.2, 0) is 16.0 Å². The van der Waals surface area contributed by atoms with Crippen molar-refractivity contribution in [1.82, 2.24) is 15.1 Å². The normalized spacial score (nSPS) is 16.1. The number of ether oxygens (including phenoxy) is 2. The highest BCUT2D eigenvalue weighted by molar-refractivity contribution is 9.10. The Balaban J connectivity index is 1.25. The Kier molecular flexibility index (Phi) is 9.01. The topological polar surface area (TPSA) is 91.4 Å². The fourth-order valence-electron chi connectivity index (χ4n) is 5.82. The number of carbonyl (C=O) groups is 3. The fraction of sp³-hybridized carbons (Fsp3) is 0.344. The van der Waals surface area contributed by atoms with Gasteiger partial charge in [0.1, 0.15) is 12.1 Å². The lowest BCUT2D eigenvalue weighted by molar-refractivity contribution is -0.137. The highest BCUT2D eigenvalue weighted by Gasteiger charge is 2.54. The lowest BCUT2D eigenvalue weighted by atomic mass is 9.85. The number of piperidine rings is 1. The van der Waals surface area contributed by atoms with E-state index in [4.69, 9.17) is 9.47 Å². The molecule has 0 aromatic heterocycles. The average Bonchev–Trinajstić information content (AvgIpc) is 3.27. The minimum absolute atomic E-state index is 0.0323. The predicted octanol–water partition coefficient (Wildman–Crippen LogP) is 4.11. The minimum Gasteiger partial charge on any atom is -0.493 e. The number of halogens is 1. The number of nitrogens with one attached hydrogen (secondary N) is 1. The predicted molar refractivity (Wildman–Crippen MR) is 164 cm³/mol. The van der Waals surface area contributed by atoms with Gasteiger partial charge in [-0.2, -0.15) is 0 Å². The first-order valence-corrected chi connectivity index (χ1v) is 14.8. The van der Waals surface area contributed by atoms with Crippen molar-refractivity contribution >= 4 is 39.3 Å². The minimum atomic E-state index is -0.814. The number of nitrogens with zero attached hydrogens (tertiary/aromatic N) is 3. The van der Waals surface area contributed by atoms with Gasteiger partial charge in [-0.05, 0) is 77.2 Å². The summed E-state index contributed by atoms with van der Waals surface area (Å²) in [5.41, 5.74) is 1.72. The van der Waals surface area contributed by atoms with E-state index in [0.29, 0.717) is 62.6 Å². The molecule has 0 atom stereocenters. The van der Waals surface area contributed by atoms with Crippen LogP contribution in [0.5, 0.6) is 11.5 Å². The van der Waals surface area contributed by atoms with E-state index in [0.717, 1.165) is 15.7 Å². The second-order valence-corrected chi connectivity index (χ2v) is 11.4. The van der Waals surface area contributed by atoms with Gasteiger partial charge < -0.3 is 29.5 Å². The number of anilines is 1. The first-order valence-electron chi connectivity index (χ1n) is 14.0. The zero-order chi connectivity index (χ0) is 29.7. The summed E-state index contributed by atoms with van der Waals surface area (Å²) in [5.74, 6) is 0.946. The van der Waals surface area contributed by atoms with Crippen molar-refractivity contribution in [2.45, 2.75) is 24.8 Å². The zero-order valence-corrected chi connectivity index (χ0v) is 25.4. The van der Waals surface area contributed by atoms with E-state index in [1.807, 2.05) is 71.6 Å². The molecule has 0 saturated carbocycles. The molecule has 2 saturated heterocycles. The van der Waals surface area contributed by atoms with Crippen LogP contribution in [-0.4, -0.2) is 80.1 Å². The van der Waals surface area contributed by atoms with Gasteiger partial charge in [0.2, 0.25) is 5.91 Å². The molecule has 1 N–H and O–H groups in total. The Bertz CT molecular complexity index is 1440. The summed E-state index contributed by atoms with van der Waals surface area (Å²) < 4.78 is 11.4. The Morgan fingerprint density at radius 2 is 1.62 bits per heavy atom. The number of amides is 3. The van der Waals surface area contributed by atoms with Crippen LogP contribution in [0, 0.1) is 0 Å². The molecule has 2 heterocycles. The van der Waals surface area contributed by atoms with Gasteiger partial charge in [0.05, 0.1) is 26.5 Å². The maximum atomic E-state index is 14.0. The summed E-state index contributed by atoms with van der Waals surface area (Å²) in [6.45, 7) is 1.59. The van der Waals surface area contributed by atoms with E-state index < -0.39 is 5.54 Å². The van der Waals surface area contributed by atoms with E-state index >= 15 is 0 Å². The molecule has 2 aliphatic rings. The van der Waals surface area contributed by atoms with Gasteiger partial charge in [0, 0.05) is 29.8 Å². The fourth-order valence-corrected chi connectivity index (χ4v) is 6.27. The molecule has 3 amide bonds. The number of likely N-dealkylation sites (tertiary alicyclic amines) is 1. The second-order valence-electron chi connectivity index (χ2n) is 10.5. The summed E-state index contributed by atoms with van der Waals surface area (Å²) in [7, 11) is 3.18. The number of hydrogen-bond acceptors (Lipinski definition) is 6. The van der Waals surface area contributed by atoms with Gasteiger partial charge >= 0.3 is 0 Å². The molecular formula is C32H35BrN4O5. The number of hydrogen-bond donors (Lipinski definition) is 1. The molecule has 2 fully saturated rings. The average molecular weight is 636 g/mol. The van der Waals surface area contributed by atoms with E-state index in [1.54, 1.807) is 25.2 Å². The standard InChI is InChI=1S/C32H35BrN4O5/c1-41-27-13-12-23(20-28(27)42-2)14-17-34-29(38)21-36-22-37(24-8-4-3-5-9-24)32(31(36)40)15-18-35(19-16-32)30(39)25-10-6-7-11-26(25)33/h3-13,20H,14-19,21-22H2,1-2H3,(H,34,38). The monoisotopic (exact) mass is 634 g/mol.